The lowest BCUT2D eigenvalue weighted by molar-refractivity contribution is -0.128. The Morgan fingerprint density at radius 2 is 1.50 bits per heavy atom. The van der Waals surface area contributed by atoms with Crippen molar-refractivity contribution in [1.29, 1.82) is 0 Å². The second kappa shape index (κ2) is 10.6. The molecular weight excluding hydrogens is 432 g/mol. The Morgan fingerprint density at radius 1 is 0.853 bits per heavy atom. The number of carbonyl (C=O) groups is 4. The molecule has 0 radical (unpaired) electrons. The number of benzene rings is 3. The van der Waals surface area contributed by atoms with Gasteiger partial charge in [0.1, 0.15) is 0 Å². The smallest absolute Gasteiger partial charge is 0.338 e. The lowest BCUT2D eigenvalue weighted by atomic mass is 10.1. The molecule has 3 aromatic carbocycles. The minimum absolute atomic E-state index is 0.0489. The summed E-state index contributed by atoms with van der Waals surface area (Å²) in [5.41, 5.74) is 2.27. The maximum Gasteiger partial charge on any atom is 0.338 e. The van der Waals surface area contributed by atoms with Crippen LogP contribution in [0, 0.1) is 5.92 Å². The summed E-state index contributed by atoms with van der Waals surface area (Å²) in [6.45, 7) is 0.489. The molecule has 0 spiro atoms. The van der Waals surface area contributed by atoms with Gasteiger partial charge in [0.2, 0.25) is 11.8 Å². The summed E-state index contributed by atoms with van der Waals surface area (Å²) in [7, 11) is 0. The van der Waals surface area contributed by atoms with Gasteiger partial charge >= 0.3 is 5.97 Å². The summed E-state index contributed by atoms with van der Waals surface area (Å²) in [6, 6.07) is 24.5. The summed E-state index contributed by atoms with van der Waals surface area (Å²) in [4.78, 5) is 51.0. The second-order valence-electron chi connectivity index (χ2n) is 8.09. The van der Waals surface area contributed by atoms with Crippen LogP contribution in [0.1, 0.15) is 32.7 Å². The maximum atomic E-state index is 12.7. The molecule has 34 heavy (non-hydrogen) atoms. The minimum atomic E-state index is -0.625. The van der Waals surface area contributed by atoms with Crippen LogP contribution in [-0.2, 0) is 20.9 Å². The minimum Gasteiger partial charge on any atom is -0.454 e. The maximum absolute atomic E-state index is 12.7. The summed E-state index contributed by atoms with van der Waals surface area (Å²) >= 11 is 0. The molecule has 1 heterocycles. The van der Waals surface area contributed by atoms with Crippen molar-refractivity contribution < 1.29 is 23.9 Å². The van der Waals surface area contributed by atoms with Gasteiger partial charge in [-0.3, -0.25) is 14.4 Å². The normalized spacial score (nSPS) is 15.1. The van der Waals surface area contributed by atoms with Gasteiger partial charge in [0.25, 0.3) is 0 Å². The van der Waals surface area contributed by atoms with E-state index in [9.17, 15) is 19.2 Å². The predicted molar refractivity (Wildman–Crippen MR) is 126 cm³/mol. The van der Waals surface area contributed by atoms with E-state index in [0.29, 0.717) is 24.3 Å². The van der Waals surface area contributed by atoms with Crippen LogP contribution >= 0.6 is 0 Å². The van der Waals surface area contributed by atoms with Crippen molar-refractivity contribution in [2.24, 2.45) is 5.92 Å². The molecule has 1 saturated heterocycles. The molecule has 1 N–H and O–H groups in total. The third-order valence-corrected chi connectivity index (χ3v) is 5.62. The number of Topliss-reactive ketones (excluding diaryl/α,β-unsaturated/α-hetero) is 1. The number of hydrogen-bond acceptors (Lipinski definition) is 5. The highest BCUT2D eigenvalue weighted by atomic mass is 16.5. The highest BCUT2D eigenvalue weighted by Crippen LogP contribution is 2.22. The number of ketones is 1. The van der Waals surface area contributed by atoms with Crippen molar-refractivity contribution in [3.05, 3.63) is 102 Å². The molecule has 0 aromatic heterocycles. The third kappa shape index (κ3) is 5.75. The molecule has 0 bridgehead atoms. The van der Waals surface area contributed by atoms with E-state index in [-0.39, 0.29) is 36.2 Å². The first kappa shape index (κ1) is 22.9. The highest BCUT2D eigenvalue weighted by Gasteiger charge is 2.34. The number of ether oxygens (including phenoxy) is 1. The number of likely N-dealkylation sites (tertiary alicyclic amines) is 1. The number of rotatable bonds is 8. The molecule has 1 aliphatic rings. The van der Waals surface area contributed by atoms with E-state index < -0.39 is 11.9 Å². The monoisotopic (exact) mass is 456 g/mol. The van der Waals surface area contributed by atoms with Gasteiger partial charge < -0.3 is 15.0 Å². The molecule has 1 fully saturated rings. The SMILES string of the molecule is O=C(COC(=O)c1ccc(NC(=O)[C@H]2CC(=O)N(Cc3ccccc3)C2)cc1)c1ccccc1. The van der Waals surface area contributed by atoms with Gasteiger partial charge in [0, 0.05) is 30.8 Å². The lowest BCUT2D eigenvalue weighted by Gasteiger charge is -2.16. The van der Waals surface area contributed by atoms with Crippen LogP contribution in [0.3, 0.4) is 0 Å². The second-order valence-corrected chi connectivity index (χ2v) is 8.09. The highest BCUT2D eigenvalue weighted by molar-refractivity contribution is 6.00. The fourth-order valence-electron chi connectivity index (χ4n) is 3.76. The Morgan fingerprint density at radius 3 is 2.18 bits per heavy atom. The van der Waals surface area contributed by atoms with Gasteiger partial charge in [0.05, 0.1) is 11.5 Å². The molecule has 3 aromatic rings. The van der Waals surface area contributed by atoms with Crippen molar-refractivity contribution in [3.8, 4) is 0 Å². The van der Waals surface area contributed by atoms with E-state index in [1.165, 1.54) is 12.1 Å². The van der Waals surface area contributed by atoms with Gasteiger partial charge in [0.15, 0.2) is 12.4 Å². The fraction of sp³-hybridized carbons (Fsp3) is 0.185. The molecule has 1 atom stereocenters. The molecule has 4 rings (SSSR count). The van der Waals surface area contributed by atoms with E-state index in [1.807, 2.05) is 30.3 Å². The zero-order valence-electron chi connectivity index (χ0n) is 18.5. The molecule has 172 valence electrons. The Hall–Kier alpha value is -4.26. The Labute approximate surface area is 197 Å². The van der Waals surface area contributed by atoms with Crippen LogP contribution in [0.4, 0.5) is 5.69 Å². The molecule has 1 aliphatic heterocycles. The zero-order chi connectivity index (χ0) is 23.9. The largest absolute Gasteiger partial charge is 0.454 e. The first-order valence-corrected chi connectivity index (χ1v) is 11.0. The van der Waals surface area contributed by atoms with Crippen LogP contribution in [0.15, 0.2) is 84.9 Å². The average molecular weight is 456 g/mol. The predicted octanol–water partition coefficient (Wildman–Crippen LogP) is 3.71. The molecule has 7 heteroatoms. The van der Waals surface area contributed by atoms with Gasteiger partial charge in [-0.15, -0.1) is 0 Å². The quantitative estimate of drug-likeness (QED) is 0.412. The first-order chi connectivity index (χ1) is 16.5. The lowest BCUT2D eigenvalue weighted by Crippen LogP contribution is -2.28. The van der Waals surface area contributed by atoms with E-state index in [1.54, 1.807) is 47.4 Å². The van der Waals surface area contributed by atoms with Gasteiger partial charge in [-0.05, 0) is 29.8 Å². The zero-order valence-corrected chi connectivity index (χ0v) is 18.5. The summed E-state index contributed by atoms with van der Waals surface area (Å²) in [5, 5.41) is 2.80. The van der Waals surface area contributed by atoms with Crippen molar-refractivity contribution >= 4 is 29.3 Å². The summed E-state index contributed by atoms with van der Waals surface area (Å²) < 4.78 is 5.10. The molecule has 0 unspecified atom stereocenters. The third-order valence-electron chi connectivity index (χ3n) is 5.62. The molecule has 7 nitrogen and oxygen atoms in total. The van der Waals surface area contributed by atoms with Crippen LogP contribution < -0.4 is 5.32 Å². The summed E-state index contributed by atoms with van der Waals surface area (Å²) in [6.07, 6.45) is 0.165. The molecule has 0 saturated carbocycles. The van der Waals surface area contributed by atoms with Crippen molar-refractivity contribution in [2.45, 2.75) is 13.0 Å². The Kier molecular flexibility index (Phi) is 7.13. The van der Waals surface area contributed by atoms with Crippen LogP contribution in [-0.4, -0.2) is 41.6 Å². The standard InChI is InChI=1S/C27H24N2O5/c30-24(20-9-5-2-6-10-20)18-34-27(33)21-11-13-23(14-12-21)28-26(32)22-15-25(31)29(17-22)16-19-7-3-1-4-8-19/h1-14,22H,15-18H2,(H,28,32)/t22-/m0/s1. The van der Waals surface area contributed by atoms with E-state index in [0.717, 1.165) is 5.56 Å². The molecular formula is C27H24N2O5. The van der Waals surface area contributed by atoms with E-state index in [4.69, 9.17) is 4.74 Å². The number of amides is 2. The Bertz CT molecular complexity index is 1180. The topological polar surface area (TPSA) is 92.8 Å². The van der Waals surface area contributed by atoms with Gasteiger partial charge in [-0.1, -0.05) is 60.7 Å². The van der Waals surface area contributed by atoms with Crippen molar-refractivity contribution in [2.75, 3.05) is 18.5 Å². The number of hydrogen-bond donors (Lipinski definition) is 1. The number of nitrogens with one attached hydrogen (secondary N) is 1. The van der Waals surface area contributed by atoms with Crippen LogP contribution in [0.25, 0.3) is 0 Å². The number of anilines is 1. The Balaban J connectivity index is 1.27. The molecule has 2 amide bonds. The van der Waals surface area contributed by atoms with Crippen LogP contribution in [0.2, 0.25) is 0 Å². The van der Waals surface area contributed by atoms with E-state index in [2.05, 4.69) is 5.32 Å². The van der Waals surface area contributed by atoms with Gasteiger partial charge in [-0.25, -0.2) is 4.79 Å². The van der Waals surface area contributed by atoms with Crippen molar-refractivity contribution in [3.63, 3.8) is 0 Å². The number of carbonyl (C=O) groups excluding carboxylic acids is 4. The van der Waals surface area contributed by atoms with E-state index >= 15 is 0 Å². The molecule has 0 aliphatic carbocycles. The number of esters is 1. The first-order valence-electron chi connectivity index (χ1n) is 11.0. The van der Waals surface area contributed by atoms with Crippen LogP contribution in [0.5, 0.6) is 0 Å². The summed E-state index contributed by atoms with van der Waals surface area (Å²) in [5.74, 6) is -1.64. The fourth-order valence-corrected chi connectivity index (χ4v) is 3.76. The number of nitrogens with zero attached hydrogens (tertiary/aromatic N) is 1. The van der Waals surface area contributed by atoms with Gasteiger partial charge in [-0.2, -0.15) is 0 Å². The van der Waals surface area contributed by atoms with Crippen molar-refractivity contribution in [1.82, 2.24) is 4.90 Å². The average Bonchev–Trinajstić information content (AvgIpc) is 3.24.